The van der Waals surface area contributed by atoms with Crippen LogP contribution in [0.3, 0.4) is 0 Å². The third-order valence-corrected chi connectivity index (χ3v) is 3.44. The highest BCUT2D eigenvalue weighted by atomic mass is 32.1. The van der Waals surface area contributed by atoms with E-state index in [4.69, 9.17) is 0 Å². The zero-order valence-electron chi connectivity index (χ0n) is 9.11. The highest BCUT2D eigenvalue weighted by molar-refractivity contribution is 7.78. The molecule has 0 amide bonds. The minimum absolute atomic E-state index is 0.0922. The first-order chi connectivity index (χ1) is 7.59. The second kappa shape index (κ2) is 3.01. The molecule has 2 aromatic rings. The van der Waals surface area contributed by atoms with Gasteiger partial charge in [-0.3, -0.25) is 8.77 Å². The fraction of sp³-hybridized carbons (Fsp3) is 0.154. The summed E-state index contributed by atoms with van der Waals surface area (Å²) in [5.74, 6) is 0.0922. The van der Waals surface area contributed by atoms with Crippen molar-refractivity contribution in [3.63, 3.8) is 0 Å². The summed E-state index contributed by atoms with van der Waals surface area (Å²) in [6.07, 6.45) is 5.45. The Hall–Kier alpha value is -1.48. The van der Waals surface area contributed by atoms with Crippen LogP contribution in [0.5, 0.6) is 0 Å². The lowest BCUT2D eigenvalue weighted by Gasteiger charge is -2.11. The van der Waals surface area contributed by atoms with Gasteiger partial charge in [-0.15, -0.1) is 0 Å². The van der Waals surface area contributed by atoms with Crippen LogP contribution in [0.25, 0.3) is 17.0 Å². The molecule has 0 radical (unpaired) electrons. The van der Waals surface area contributed by atoms with Gasteiger partial charge in [0.1, 0.15) is 0 Å². The van der Waals surface area contributed by atoms with Crippen molar-refractivity contribution >= 4 is 35.6 Å². The van der Waals surface area contributed by atoms with Gasteiger partial charge in [0.15, 0.2) is 5.78 Å². The van der Waals surface area contributed by atoms with E-state index in [1.165, 1.54) is 0 Å². The minimum Gasteiger partial charge on any atom is -0.293 e. The SMILES string of the molecule is Cc1cc(C)c2c3c(cn2S)C=CC(=O)c13. The fourth-order valence-corrected chi connectivity index (χ4v) is 2.89. The Bertz CT molecular complexity index is 664. The monoisotopic (exact) mass is 229 g/mol. The van der Waals surface area contributed by atoms with Crippen LogP contribution in [0.1, 0.15) is 27.0 Å². The van der Waals surface area contributed by atoms with Gasteiger partial charge in [0.05, 0.1) is 5.52 Å². The zero-order valence-corrected chi connectivity index (χ0v) is 10.0. The molecule has 0 unspecified atom stereocenters. The summed E-state index contributed by atoms with van der Waals surface area (Å²) in [7, 11) is 0. The Balaban J connectivity index is 2.63. The lowest BCUT2D eigenvalue weighted by atomic mass is 9.92. The highest BCUT2D eigenvalue weighted by Crippen LogP contribution is 2.34. The van der Waals surface area contributed by atoms with E-state index in [1.807, 2.05) is 32.2 Å². The molecule has 0 bridgehead atoms. The van der Waals surface area contributed by atoms with E-state index >= 15 is 0 Å². The predicted molar refractivity (Wildman–Crippen MR) is 69.2 cm³/mol. The number of rotatable bonds is 0. The molecule has 0 saturated carbocycles. The maximum absolute atomic E-state index is 11.9. The average Bonchev–Trinajstić information content (AvgIpc) is 2.53. The normalized spacial score (nSPS) is 13.8. The Morgan fingerprint density at radius 2 is 1.94 bits per heavy atom. The first-order valence-electron chi connectivity index (χ1n) is 5.16. The molecular weight excluding hydrogens is 218 g/mol. The maximum Gasteiger partial charge on any atom is 0.186 e. The Labute approximate surface area is 99.1 Å². The van der Waals surface area contributed by atoms with Gasteiger partial charge >= 0.3 is 0 Å². The molecule has 2 nitrogen and oxygen atoms in total. The molecule has 0 saturated heterocycles. The largest absolute Gasteiger partial charge is 0.293 e. The summed E-state index contributed by atoms with van der Waals surface area (Å²) in [5.41, 5.74) is 5.13. The first-order valence-corrected chi connectivity index (χ1v) is 5.56. The van der Waals surface area contributed by atoms with Crippen molar-refractivity contribution in [3.05, 3.63) is 40.6 Å². The van der Waals surface area contributed by atoms with Crippen LogP contribution in [0.15, 0.2) is 18.3 Å². The summed E-state index contributed by atoms with van der Waals surface area (Å²) in [6, 6.07) is 2.05. The van der Waals surface area contributed by atoms with Gasteiger partial charge in [0.25, 0.3) is 0 Å². The number of benzene rings is 1. The average molecular weight is 229 g/mol. The lowest BCUT2D eigenvalue weighted by Crippen LogP contribution is -2.03. The summed E-state index contributed by atoms with van der Waals surface area (Å²) >= 11 is 4.41. The van der Waals surface area contributed by atoms with E-state index in [0.29, 0.717) is 0 Å². The van der Waals surface area contributed by atoms with Crippen molar-refractivity contribution in [2.45, 2.75) is 13.8 Å². The molecule has 1 aromatic heterocycles. The van der Waals surface area contributed by atoms with E-state index in [0.717, 1.165) is 33.2 Å². The second-order valence-electron chi connectivity index (χ2n) is 4.24. The number of aromatic nitrogens is 1. The fourth-order valence-electron chi connectivity index (χ4n) is 2.51. The molecule has 0 atom stereocenters. The number of nitrogens with zero attached hydrogens (tertiary/aromatic N) is 1. The van der Waals surface area contributed by atoms with Crippen LogP contribution in [-0.2, 0) is 0 Å². The molecular formula is C13H11NOS. The van der Waals surface area contributed by atoms with Gasteiger partial charge < -0.3 is 0 Å². The Morgan fingerprint density at radius 1 is 1.19 bits per heavy atom. The number of hydrogen-bond acceptors (Lipinski definition) is 2. The second-order valence-corrected chi connectivity index (χ2v) is 4.67. The van der Waals surface area contributed by atoms with Crippen molar-refractivity contribution in [1.82, 2.24) is 3.97 Å². The van der Waals surface area contributed by atoms with Crippen molar-refractivity contribution in [2.24, 2.45) is 0 Å². The van der Waals surface area contributed by atoms with Crippen molar-refractivity contribution in [3.8, 4) is 0 Å². The standard InChI is InChI=1S/C13H11NOS/c1-7-5-8(2)13-12-9(6-14(13)16)3-4-10(15)11(7)12/h3-6,16H,1-2H3. The number of ketones is 1. The van der Waals surface area contributed by atoms with Crippen molar-refractivity contribution < 1.29 is 4.79 Å². The third-order valence-electron chi connectivity index (χ3n) is 3.13. The Kier molecular flexibility index (Phi) is 1.83. The molecule has 1 aliphatic rings. The van der Waals surface area contributed by atoms with Crippen LogP contribution in [0, 0.1) is 13.8 Å². The number of allylic oxidation sites excluding steroid dienone is 1. The zero-order chi connectivity index (χ0) is 11.4. The molecule has 0 spiro atoms. The molecule has 80 valence electrons. The number of carbonyl (C=O) groups excluding carboxylic acids is 1. The highest BCUT2D eigenvalue weighted by Gasteiger charge is 2.21. The topological polar surface area (TPSA) is 22.0 Å². The van der Waals surface area contributed by atoms with Gasteiger partial charge in [-0.1, -0.05) is 18.9 Å². The van der Waals surface area contributed by atoms with Gasteiger partial charge in [-0.25, -0.2) is 0 Å². The van der Waals surface area contributed by atoms with Crippen molar-refractivity contribution in [2.75, 3.05) is 0 Å². The number of hydrogen-bond donors (Lipinski definition) is 1. The smallest absolute Gasteiger partial charge is 0.186 e. The molecule has 0 fully saturated rings. The first kappa shape index (κ1) is 9.73. The van der Waals surface area contributed by atoms with E-state index in [1.54, 1.807) is 10.0 Å². The molecule has 1 heterocycles. The number of carbonyl (C=O) groups is 1. The summed E-state index contributed by atoms with van der Waals surface area (Å²) in [5, 5.41) is 1.04. The van der Waals surface area contributed by atoms with Gasteiger partial charge in [0.2, 0.25) is 0 Å². The van der Waals surface area contributed by atoms with E-state index in [2.05, 4.69) is 12.8 Å². The number of aryl methyl sites for hydroxylation is 2. The van der Waals surface area contributed by atoms with Crippen LogP contribution in [0.2, 0.25) is 0 Å². The van der Waals surface area contributed by atoms with Gasteiger partial charge in [0, 0.05) is 22.7 Å². The number of thiol groups is 1. The summed E-state index contributed by atoms with van der Waals surface area (Å²) in [6.45, 7) is 4.03. The van der Waals surface area contributed by atoms with Gasteiger partial charge in [-0.05, 0) is 37.1 Å². The van der Waals surface area contributed by atoms with E-state index < -0.39 is 0 Å². The molecule has 1 aliphatic carbocycles. The third kappa shape index (κ3) is 1.06. The van der Waals surface area contributed by atoms with Gasteiger partial charge in [-0.2, -0.15) is 0 Å². The summed E-state index contributed by atoms with van der Waals surface area (Å²) in [4.78, 5) is 11.9. The summed E-state index contributed by atoms with van der Waals surface area (Å²) < 4.78 is 1.80. The quantitative estimate of drug-likeness (QED) is 0.689. The minimum atomic E-state index is 0.0922. The molecule has 16 heavy (non-hydrogen) atoms. The molecule has 3 rings (SSSR count). The molecule has 3 heteroatoms. The molecule has 0 aliphatic heterocycles. The van der Waals surface area contributed by atoms with Crippen LogP contribution in [-0.4, -0.2) is 9.76 Å². The van der Waals surface area contributed by atoms with Crippen LogP contribution >= 0.6 is 12.8 Å². The Morgan fingerprint density at radius 3 is 2.69 bits per heavy atom. The molecule has 0 N–H and O–H groups in total. The molecule has 1 aromatic carbocycles. The van der Waals surface area contributed by atoms with Crippen LogP contribution in [0.4, 0.5) is 0 Å². The predicted octanol–water partition coefficient (Wildman–Crippen LogP) is 3.16. The maximum atomic E-state index is 11.9. The van der Waals surface area contributed by atoms with Crippen LogP contribution < -0.4 is 0 Å². The van der Waals surface area contributed by atoms with Crippen molar-refractivity contribution in [1.29, 1.82) is 0 Å². The van der Waals surface area contributed by atoms with E-state index in [-0.39, 0.29) is 5.78 Å². The van der Waals surface area contributed by atoms with E-state index in [9.17, 15) is 4.79 Å². The lowest BCUT2D eigenvalue weighted by molar-refractivity contribution is 0.104.